The fourth-order valence-corrected chi connectivity index (χ4v) is 3.44. The van der Waals surface area contributed by atoms with Gasteiger partial charge in [-0.2, -0.15) is 0 Å². The van der Waals surface area contributed by atoms with Crippen molar-refractivity contribution >= 4 is 29.7 Å². The Bertz CT molecular complexity index is 444. The number of rotatable bonds is 4. The number of carbonyl (C=O) groups excluding carboxylic acids is 1. The van der Waals surface area contributed by atoms with E-state index >= 15 is 0 Å². The average molecular weight is 319 g/mol. The van der Waals surface area contributed by atoms with Gasteiger partial charge in [0.05, 0.1) is 25.2 Å². The van der Waals surface area contributed by atoms with E-state index in [1.54, 1.807) is 11.3 Å². The van der Waals surface area contributed by atoms with E-state index < -0.39 is 0 Å². The largest absolute Gasteiger partial charge is 0.375 e. The number of hydrogen-bond donors (Lipinski definition) is 2. The third-order valence-corrected chi connectivity index (χ3v) is 4.32. The van der Waals surface area contributed by atoms with Crippen molar-refractivity contribution in [3.8, 4) is 0 Å². The molecule has 0 radical (unpaired) electrons. The molecule has 1 aliphatic rings. The Morgan fingerprint density at radius 2 is 2.35 bits per heavy atom. The zero-order valence-electron chi connectivity index (χ0n) is 12.2. The first-order chi connectivity index (χ1) is 9.06. The molecular formula is C14H23ClN2O2S. The first kappa shape index (κ1) is 17.4. The maximum absolute atomic E-state index is 12.0. The molecule has 1 fully saturated rings. The lowest BCUT2D eigenvalue weighted by Gasteiger charge is -2.24. The summed E-state index contributed by atoms with van der Waals surface area (Å²) in [5.74, 6) is 0.0597. The van der Waals surface area contributed by atoms with Crippen LogP contribution in [-0.2, 0) is 9.53 Å². The summed E-state index contributed by atoms with van der Waals surface area (Å²) in [7, 11) is 0. The summed E-state index contributed by atoms with van der Waals surface area (Å²) in [5, 5.41) is 6.29. The van der Waals surface area contributed by atoms with Gasteiger partial charge in [-0.15, -0.1) is 23.7 Å². The molecule has 0 bridgehead atoms. The molecule has 2 unspecified atom stereocenters. The summed E-state index contributed by atoms with van der Waals surface area (Å²) in [4.78, 5) is 14.6. The second-order valence-electron chi connectivity index (χ2n) is 5.06. The second kappa shape index (κ2) is 7.98. The van der Waals surface area contributed by atoms with Gasteiger partial charge in [0.2, 0.25) is 5.91 Å². The van der Waals surface area contributed by atoms with Crippen molar-refractivity contribution in [3.05, 3.63) is 21.4 Å². The zero-order chi connectivity index (χ0) is 13.8. The highest BCUT2D eigenvalue weighted by atomic mass is 35.5. The van der Waals surface area contributed by atoms with Crippen molar-refractivity contribution in [2.45, 2.75) is 39.3 Å². The molecular weight excluding hydrogens is 296 g/mol. The molecule has 0 spiro atoms. The van der Waals surface area contributed by atoms with E-state index in [1.165, 1.54) is 15.3 Å². The predicted molar refractivity (Wildman–Crippen MR) is 84.8 cm³/mol. The number of halogens is 1. The molecule has 1 saturated heterocycles. The van der Waals surface area contributed by atoms with E-state index in [0.717, 1.165) is 13.1 Å². The Balaban J connectivity index is 0.00000200. The molecule has 2 rings (SSSR count). The van der Waals surface area contributed by atoms with Crippen LogP contribution in [0.15, 0.2) is 6.07 Å². The lowest BCUT2D eigenvalue weighted by molar-refractivity contribution is -0.125. The van der Waals surface area contributed by atoms with Gasteiger partial charge in [-0.25, -0.2) is 0 Å². The minimum Gasteiger partial charge on any atom is -0.375 e. The summed E-state index contributed by atoms with van der Waals surface area (Å²) in [6.45, 7) is 8.56. The van der Waals surface area contributed by atoms with Gasteiger partial charge < -0.3 is 15.4 Å². The van der Waals surface area contributed by atoms with Crippen molar-refractivity contribution in [2.24, 2.45) is 0 Å². The minimum atomic E-state index is 0. The first-order valence-electron chi connectivity index (χ1n) is 6.75. The normalized spacial score (nSPS) is 20.1. The standard InChI is InChI=1S/C14H22N2O2S.ClH/c1-9-6-13(11(3)19-9)10(2)16-14(17)7-12-8-15-4-5-18-12;/h6,10,12,15H,4-5,7-8H2,1-3H3,(H,16,17);1H. The summed E-state index contributed by atoms with van der Waals surface area (Å²) < 4.78 is 5.54. The van der Waals surface area contributed by atoms with Crippen LogP contribution in [0.4, 0.5) is 0 Å². The van der Waals surface area contributed by atoms with Gasteiger partial charge in [0.25, 0.3) is 0 Å². The van der Waals surface area contributed by atoms with Crippen LogP contribution in [0.25, 0.3) is 0 Å². The number of thiophene rings is 1. The van der Waals surface area contributed by atoms with Crippen LogP contribution in [0.2, 0.25) is 0 Å². The Morgan fingerprint density at radius 1 is 1.60 bits per heavy atom. The fraction of sp³-hybridized carbons (Fsp3) is 0.643. The Labute approximate surface area is 130 Å². The van der Waals surface area contributed by atoms with Crippen molar-refractivity contribution in [1.29, 1.82) is 0 Å². The topological polar surface area (TPSA) is 50.4 Å². The molecule has 4 nitrogen and oxygen atoms in total. The van der Waals surface area contributed by atoms with Gasteiger partial charge in [0, 0.05) is 22.8 Å². The fourth-order valence-electron chi connectivity index (χ4n) is 2.42. The molecule has 2 N–H and O–H groups in total. The van der Waals surface area contributed by atoms with Crippen LogP contribution < -0.4 is 10.6 Å². The molecule has 1 aromatic rings. The number of nitrogens with one attached hydrogen (secondary N) is 2. The smallest absolute Gasteiger partial charge is 0.223 e. The monoisotopic (exact) mass is 318 g/mol. The highest BCUT2D eigenvalue weighted by molar-refractivity contribution is 7.12. The molecule has 2 heterocycles. The van der Waals surface area contributed by atoms with Gasteiger partial charge >= 0.3 is 0 Å². The number of carbonyl (C=O) groups is 1. The lowest BCUT2D eigenvalue weighted by Crippen LogP contribution is -2.41. The molecule has 1 amide bonds. The third-order valence-electron chi connectivity index (χ3n) is 3.34. The van der Waals surface area contributed by atoms with E-state index in [9.17, 15) is 4.79 Å². The van der Waals surface area contributed by atoms with Crippen molar-refractivity contribution in [1.82, 2.24) is 10.6 Å². The number of morpholine rings is 1. The maximum Gasteiger partial charge on any atom is 0.223 e. The average Bonchev–Trinajstić information content (AvgIpc) is 2.69. The molecule has 1 aliphatic heterocycles. The van der Waals surface area contributed by atoms with Gasteiger partial charge in [-0.05, 0) is 32.4 Å². The molecule has 0 aliphatic carbocycles. The van der Waals surface area contributed by atoms with E-state index in [0.29, 0.717) is 13.0 Å². The van der Waals surface area contributed by atoms with E-state index in [4.69, 9.17) is 4.74 Å². The highest BCUT2D eigenvalue weighted by Gasteiger charge is 2.19. The Hall–Kier alpha value is -0.620. The number of ether oxygens (including phenoxy) is 1. The maximum atomic E-state index is 12.0. The van der Waals surface area contributed by atoms with Gasteiger partial charge in [-0.1, -0.05) is 0 Å². The lowest BCUT2D eigenvalue weighted by atomic mass is 10.1. The number of hydrogen-bond acceptors (Lipinski definition) is 4. The van der Waals surface area contributed by atoms with Crippen LogP contribution in [0.5, 0.6) is 0 Å². The van der Waals surface area contributed by atoms with Crippen LogP contribution in [0.1, 0.15) is 34.7 Å². The highest BCUT2D eigenvalue weighted by Crippen LogP contribution is 2.26. The molecule has 1 aromatic heterocycles. The second-order valence-corrected chi connectivity index (χ2v) is 6.52. The van der Waals surface area contributed by atoms with E-state index in [2.05, 4.69) is 30.5 Å². The van der Waals surface area contributed by atoms with E-state index in [1.807, 2.05) is 6.92 Å². The molecule has 0 saturated carbocycles. The molecule has 20 heavy (non-hydrogen) atoms. The Kier molecular flexibility index (Phi) is 6.95. The summed E-state index contributed by atoms with van der Waals surface area (Å²) in [5.41, 5.74) is 1.22. The van der Waals surface area contributed by atoms with Gasteiger partial charge in [0.1, 0.15) is 0 Å². The van der Waals surface area contributed by atoms with Crippen molar-refractivity contribution in [3.63, 3.8) is 0 Å². The number of aryl methyl sites for hydroxylation is 2. The van der Waals surface area contributed by atoms with Crippen LogP contribution in [0, 0.1) is 13.8 Å². The summed E-state index contributed by atoms with van der Waals surface area (Å²) in [6.07, 6.45) is 0.436. The summed E-state index contributed by atoms with van der Waals surface area (Å²) >= 11 is 1.77. The van der Waals surface area contributed by atoms with Gasteiger partial charge in [-0.3, -0.25) is 4.79 Å². The Morgan fingerprint density at radius 3 is 2.90 bits per heavy atom. The minimum absolute atomic E-state index is 0. The van der Waals surface area contributed by atoms with E-state index in [-0.39, 0.29) is 30.5 Å². The quantitative estimate of drug-likeness (QED) is 0.896. The van der Waals surface area contributed by atoms with Crippen LogP contribution in [-0.4, -0.2) is 31.7 Å². The third kappa shape index (κ3) is 4.74. The van der Waals surface area contributed by atoms with Crippen LogP contribution >= 0.6 is 23.7 Å². The summed E-state index contributed by atoms with van der Waals surface area (Å²) in [6, 6.07) is 2.22. The van der Waals surface area contributed by atoms with Gasteiger partial charge in [0.15, 0.2) is 0 Å². The molecule has 6 heteroatoms. The SMILES string of the molecule is Cc1cc(C(C)NC(=O)CC2CNCCO2)c(C)s1.Cl. The first-order valence-corrected chi connectivity index (χ1v) is 7.56. The zero-order valence-corrected chi connectivity index (χ0v) is 13.8. The van der Waals surface area contributed by atoms with Crippen LogP contribution in [0.3, 0.4) is 0 Å². The number of amides is 1. The predicted octanol–water partition coefficient (Wildman–Crippen LogP) is 2.34. The molecule has 114 valence electrons. The van der Waals surface area contributed by atoms with Crippen molar-refractivity contribution < 1.29 is 9.53 Å². The van der Waals surface area contributed by atoms with Crippen molar-refractivity contribution in [2.75, 3.05) is 19.7 Å². The molecule has 2 atom stereocenters. The molecule has 0 aromatic carbocycles.